The van der Waals surface area contributed by atoms with E-state index >= 15 is 0 Å². The Bertz CT molecular complexity index is 654. The molecule has 0 radical (unpaired) electrons. The van der Waals surface area contributed by atoms with Crippen LogP contribution in [0.4, 0.5) is 23.7 Å². The molecule has 1 aromatic heterocycles. The number of carbonyl (C=O) groups excluding carboxylic acids is 1. The van der Waals surface area contributed by atoms with Crippen LogP contribution in [0.25, 0.3) is 0 Å². The van der Waals surface area contributed by atoms with Crippen molar-refractivity contribution in [3.63, 3.8) is 0 Å². The molecule has 1 unspecified atom stereocenters. The Hall–Kier alpha value is -2.39. The summed E-state index contributed by atoms with van der Waals surface area (Å²) >= 11 is 0. The summed E-state index contributed by atoms with van der Waals surface area (Å²) in [4.78, 5) is 30.8. The molecule has 1 aliphatic heterocycles. The summed E-state index contributed by atoms with van der Waals surface area (Å²) in [5.74, 6) is -1.80. The Balaban J connectivity index is 1.57. The van der Waals surface area contributed by atoms with Crippen LogP contribution >= 0.6 is 0 Å². The van der Waals surface area contributed by atoms with Crippen LogP contribution in [0.1, 0.15) is 25.1 Å². The molecule has 1 saturated heterocycles. The number of alkyl halides is 3. The number of piperidine rings is 1. The Morgan fingerprint density at radius 1 is 1.25 bits per heavy atom. The number of aromatic nitrogens is 2. The van der Waals surface area contributed by atoms with Crippen molar-refractivity contribution in [2.45, 2.75) is 25.4 Å². The first kappa shape index (κ1) is 16.5. The average Bonchev–Trinajstić information content (AvgIpc) is 3.21. The SMILES string of the molecule is O=C(Nc1cnc(C(F)(F)F)nc1)C1CC12CCN(C(=O)O)CC2. The van der Waals surface area contributed by atoms with Crippen molar-refractivity contribution in [1.82, 2.24) is 14.9 Å². The first-order valence-electron chi connectivity index (χ1n) is 7.39. The molecule has 2 aliphatic rings. The van der Waals surface area contributed by atoms with E-state index in [4.69, 9.17) is 5.11 Å². The molecule has 7 nitrogen and oxygen atoms in total. The van der Waals surface area contributed by atoms with Crippen molar-refractivity contribution in [3.8, 4) is 0 Å². The van der Waals surface area contributed by atoms with Gasteiger partial charge in [-0.1, -0.05) is 0 Å². The minimum Gasteiger partial charge on any atom is -0.465 e. The number of hydrogen-bond donors (Lipinski definition) is 2. The topological polar surface area (TPSA) is 95.4 Å². The average molecular weight is 344 g/mol. The minimum atomic E-state index is -4.62. The van der Waals surface area contributed by atoms with Gasteiger partial charge in [0.1, 0.15) is 0 Å². The Morgan fingerprint density at radius 3 is 2.33 bits per heavy atom. The second-order valence-electron chi connectivity index (χ2n) is 6.17. The van der Waals surface area contributed by atoms with Crippen molar-refractivity contribution in [3.05, 3.63) is 18.2 Å². The Labute approximate surface area is 134 Å². The van der Waals surface area contributed by atoms with Crippen molar-refractivity contribution >= 4 is 17.7 Å². The lowest BCUT2D eigenvalue weighted by molar-refractivity contribution is -0.144. The fraction of sp³-hybridized carbons (Fsp3) is 0.571. The fourth-order valence-electron chi connectivity index (χ4n) is 3.18. The number of halogens is 3. The van der Waals surface area contributed by atoms with Gasteiger partial charge >= 0.3 is 12.3 Å². The molecule has 130 valence electrons. The molecular weight excluding hydrogens is 329 g/mol. The van der Waals surface area contributed by atoms with Gasteiger partial charge in [-0.3, -0.25) is 4.79 Å². The standard InChI is InChI=1S/C14H15F3N4O3/c15-14(16,17)11-18-6-8(7-19-11)20-10(22)9-5-13(9)1-3-21(4-2-13)12(23)24/h6-7,9H,1-5H2,(H,20,22)(H,23,24). The van der Waals surface area contributed by atoms with Gasteiger partial charge in [-0.25, -0.2) is 14.8 Å². The summed E-state index contributed by atoms with van der Waals surface area (Å²) in [6.07, 6.45) is -1.85. The molecule has 1 saturated carbocycles. The molecule has 2 N–H and O–H groups in total. The number of likely N-dealkylation sites (tertiary alicyclic amines) is 1. The van der Waals surface area contributed by atoms with Crippen LogP contribution in [-0.2, 0) is 11.0 Å². The van der Waals surface area contributed by atoms with E-state index in [-0.39, 0.29) is 22.9 Å². The van der Waals surface area contributed by atoms with Crippen LogP contribution in [0, 0.1) is 11.3 Å². The zero-order chi connectivity index (χ0) is 17.5. The smallest absolute Gasteiger partial charge is 0.451 e. The lowest BCUT2D eigenvalue weighted by Gasteiger charge is -2.30. The van der Waals surface area contributed by atoms with E-state index in [1.807, 2.05) is 0 Å². The minimum absolute atomic E-state index is 0.109. The van der Waals surface area contributed by atoms with Crippen LogP contribution in [0.15, 0.2) is 12.4 Å². The monoisotopic (exact) mass is 344 g/mol. The molecule has 1 aliphatic carbocycles. The highest BCUT2D eigenvalue weighted by atomic mass is 19.4. The molecule has 24 heavy (non-hydrogen) atoms. The van der Waals surface area contributed by atoms with Gasteiger partial charge in [-0.05, 0) is 24.7 Å². The molecule has 3 rings (SSSR count). The first-order chi connectivity index (χ1) is 11.2. The number of nitrogens with one attached hydrogen (secondary N) is 1. The summed E-state index contributed by atoms with van der Waals surface area (Å²) in [6, 6.07) is 0. The zero-order valence-corrected chi connectivity index (χ0v) is 12.5. The molecule has 10 heteroatoms. The van der Waals surface area contributed by atoms with Crippen LogP contribution in [0.2, 0.25) is 0 Å². The molecule has 2 amide bonds. The number of hydrogen-bond acceptors (Lipinski definition) is 4. The van der Waals surface area contributed by atoms with E-state index in [2.05, 4.69) is 15.3 Å². The molecule has 2 heterocycles. The van der Waals surface area contributed by atoms with Gasteiger partial charge in [-0.15, -0.1) is 0 Å². The largest absolute Gasteiger partial charge is 0.465 e. The third kappa shape index (κ3) is 3.13. The van der Waals surface area contributed by atoms with E-state index in [1.54, 1.807) is 0 Å². The predicted molar refractivity (Wildman–Crippen MR) is 75.0 cm³/mol. The fourth-order valence-corrected chi connectivity index (χ4v) is 3.18. The number of anilines is 1. The molecule has 1 atom stereocenters. The highest BCUT2D eigenvalue weighted by Crippen LogP contribution is 2.59. The molecule has 2 fully saturated rings. The Morgan fingerprint density at radius 2 is 1.83 bits per heavy atom. The molecule has 1 spiro atoms. The van der Waals surface area contributed by atoms with E-state index < -0.39 is 18.1 Å². The van der Waals surface area contributed by atoms with Crippen molar-refractivity contribution < 1.29 is 27.9 Å². The lowest BCUT2D eigenvalue weighted by atomic mass is 9.91. The van der Waals surface area contributed by atoms with Gasteiger partial charge in [0.2, 0.25) is 11.7 Å². The molecule has 0 bridgehead atoms. The quantitative estimate of drug-likeness (QED) is 0.858. The van der Waals surface area contributed by atoms with Gasteiger partial charge < -0.3 is 15.3 Å². The number of carbonyl (C=O) groups is 2. The second kappa shape index (κ2) is 5.60. The normalized spacial score (nSPS) is 22.3. The highest BCUT2D eigenvalue weighted by molar-refractivity contribution is 5.94. The van der Waals surface area contributed by atoms with Crippen LogP contribution in [0.5, 0.6) is 0 Å². The van der Waals surface area contributed by atoms with E-state index in [0.717, 1.165) is 12.4 Å². The first-order valence-corrected chi connectivity index (χ1v) is 7.39. The molecular formula is C14H15F3N4O3. The summed E-state index contributed by atoms with van der Waals surface area (Å²) in [5, 5.41) is 11.5. The highest BCUT2D eigenvalue weighted by Gasteiger charge is 2.58. The van der Waals surface area contributed by atoms with Gasteiger partial charge in [-0.2, -0.15) is 13.2 Å². The maximum Gasteiger partial charge on any atom is 0.451 e. The zero-order valence-electron chi connectivity index (χ0n) is 12.5. The maximum atomic E-state index is 12.4. The number of carboxylic acid groups (broad SMARTS) is 1. The maximum absolute atomic E-state index is 12.4. The van der Waals surface area contributed by atoms with E-state index in [1.165, 1.54) is 4.90 Å². The predicted octanol–water partition coefficient (Wildman–Crippen LogP) is 2.21. The van der Waals surface area contributed by atoms with E-state index in [0.29, 0.717) is 32.4 Å². The Kier molecular flexibility index (Phi) is 3.84. The van der Waals surface area contributed by atoms with Crippen molar-refractivity contribution in [2.75, 3.05) is 18.4 Å². The summed E-state index contributed by atoms with van der Waals surface area (Å²) < 4.78 is 37.2. The van der Waals surface area contributed by atoms with Gasteiger partial charge in [0, 0.05) is 19.0 Å². The summed E-state index contributed by atoms with van der Waals surface area (Å²) in [7, 11) is 0. The summed E-state index contributed by atoms with van der Waals surface area (Å²) in [5.41, 5.74) is -0.0824. The molecule has 0 aromatic carbocycles. The molecule has 1 aromatic rings. The number of amides is 2. The van der Waals surface area contributed by atoms with Crippen molar-refractivity contribution in [1.29, 1.82) is 0 Å². The van der Waals surface area contributed by atoms with Gasteiger partial charge in [0.15, 0.2) is 0 Å². The van der Waals surface area contributed by atoms with Gasteiger partial charge in [0.05, 0.1) is 18.1 Å². The van der Waals surface area contributed by atoms with Crippen LogP contribution in [0.3, 0.4) is 0 Å². The number of rotatable bonds is 2. The van der Waals surface area contributed by atoms with Gasteiger partial charge in [0.25, 0.3) is 0 Å². The lowest BCUT2D eigenvalue weighted by Crippen LogP contribution is -2.39. The third-order valence-electron chi connectivity index (χ3n) is 4.71. The van der Waals surface area contributed by atoms with Crippen LogP contribution in [-0.4, -0.2) is 45.1 Å². The van der Waals surface area contributed by atoms with Crippen molar-refractivity contribution in [2.24, 2.45) is 11.3 Å². The number of nitrogens with zero attached hydrogens (tertiary/aromatic N) is 3. The second-order valence-corrected chi connectivity index (χ2v) is 6.17. The summed E-state index contributed by atoms with van der Waals surface area (Å²) in [6.45, 7) is 0.783. The van der Waals surface area contributed by atoms with E-state index in [9.17, 15) is 22.8 Å². The third-order valence-corrected chi connectivity index (χ3v) is 4.71. The van der Waals surface area contributed by atoms with Crippen LogP contribution < -0.4 is 5.32 Å².